The molecule has 0 fully saturated rings. The van der Waals surface area contributed by atoms with E-state index in [4.69, 9.17) is 11.6 Å². The Balaban J connectivity index is 2.78. The van der Waals surface area contributed by atoms with Crippen LogP contribution in [0.3, 0.4) is 0 Å². The fourth-order valence-corrected chi connectivity index (χ4v) is 2.45. The van der Waals surface area contributed by atoms with E-state index in [2.05, 4.69) is 5.32 Å². The predicted octanol–water partition coefficient (Wildman–Crippen LogP) is 2.74. The Labute approximate surface area is 135 Å². The zero-order chi connectivity index (χ0) is 16.9. The molecule has 0 atom stereocenters. The van der Waals surface area contributed by atoms with Gasteiger partial charge in [0.05, 0.1) is 5.41 Å². The molecule has 1 rings (SSSR count). The first-order valence-corrected chi connectivity index (χ1v) is 7.49. The summed E-state index contributed by atoms with van der Waals surface area (Å²) in [5.41, 5.74) is -0.698. The van der Waals surface area contributed by atoms with Crippen molar-refractivity contribution in [3.63, 3.8) is 0 Å². The third kappa shape index (κ3) is 4.44. The summed E-state index contributed by atoms with van der Waals surface area (Å²) in [7, 11) is 3.23. The summed E-state index contributed by atoms with van der Waals surface area (Å²) in [5, 5.41) is 2.83. The van der Waals surface area contributed by atoms with Gasteiger partial charge >= 0.3 is 0 Å². The van der Waals surface area contributed by atoms with E-state index in [0.717, 1.165) is 0 Å². The standard InChI is InChI=1S/C16H22ClFN2O2/c1-16(2,12-8-7-11(17)10-13(12)18)15(22)20(4)9-5-6-14(21)19-3/h7-8,10H,5-6,9H2,1-4H3,(H,19,21). The number of halogens is 2. The lowest BCUT2D eigenvalue weighted by atomic mass is 9.83. The maximum atomic E-state index is 14.1. The summed E-state index contributed by atoms with van der Waals surface area (Å²) in [5.74, 6) is -0.765. The number of benzene rings is 1. The van der Waals surface area contributed by atoms with Crippen molar-refractivity contribution < 1.29 is 14.0 Å². The van der Waals surface area contributed by atoms with Gasteiger partial charge in [0.1, 0.15) is 5.82 Å². The van der Waals surface area contributed by atoms with E-state index in [0.29, 0.717) is 30.0 Å². The van der Waals surface area contributed by atoms with Crippen molar-refractivity contribution in [3.05, 3.63) is 34.6 Å². The SMILES string of the molecule is CNC(=O)CCCN(C)C(=O)C(C)(C)c1ccc(Cl)cc1F. The van der Waals surface area contributed by atoms with E-state index < -0.39 is 11.2 Å². The lowest BCUT2D eigenvalue weighted by Crippen LogP contribution is -2.42. The van der Waals surface area contributed by atoms with Crippen LogP contribution in [-0.4, -0.2) is 37.4 Å². The van der Waals surface area contributed by atoms with Gasteiger partial charge < -0.3 is 10.2 Å². The Kier molecular flexibility index (Phi) is 6.35. The molecule has 0 spiro atoms. The highest BCUT2D eigenvalue weighted by Gasteiger charge is 2.34. The van der Waals surface area contributed by atoms with Crippen LogP contribution >= 0.6 is 11.6 Å². The first-order valence-electron chi connectivity index (χ1n) is 7.11. The molecule has 0 saturated heterocycles. The van der Waals surface area contributed by atoms with Gasteiger partial charge in [0, 0.05) is 37.6 Å². The maximum absolute atomic E-state index is 14.1. The number of rotatable bonds is 6. The molecule has 1 aromatic carbocycles. The van der Waals surface area contributed by atoms with Gasteiger partial charge in [-0.05, 0) is 32.4 Å². The van der Waals surface area contributed by atoms with Crippen molar-refractivity contribution in [2.75, 3.05) is 20.6 Å². The Morgan fingerprint density at radius 2 is 2.00 bits per heavy atom. The molecule has 22 heavy (non-hydrogen) atoms. The number of hydrogen-bond acceptors (Lipinski definition) is 2. The number of amides is 2. The van der Waals surface area contributed by atoms with Crippen LogP contribution in [0.5, 0.6) is 0 Å². The Morgan fingerprint density at radius 1 is 1.36 bits per heavy atom. The molecule has 0 bridgehead atoms. The number of likely N-dealkylation sites (N-methyl/N-ethyl adjacent to an activating group) is 1. The Hall–Kier alpha value is -1.62. The van der Waals surface area contributed by atoms with Crippen LogP contribution in [0, 0.1) is 5.82 Å². The fraction of sp³-hybridized carbons (Fsp3) is 0.500. The van der Waals surface area contributed by atoms with E-state index in [-0.39, 0.29) is 11.8 Å². The molecule has 0 saturated carbocycles. The van der Waals surface area contributed by atoms with Crippen LogP contribution in [0.15, 0.2) is 18.2 Å². The smallest absolute Gasteiger partial charge is 0.232 e. The second kappa shape index (κ2) is 7.58. The molecule has 0 radical (unpaired) electrons. The van der Waals surface area contributed by atoms with Crippen LogP contribution in [0.4, 0.5) is 4.39 Å². The number of carbonyl (C=O) groups excluding carboxylic acids is 2. The minimum absolute atomic E-state index is 0.0659. The van der Waals surface area contributed by atoms with Crippen molar-refractivity contribution >= 4 is 23.4 Å². The highest BCUT2D eigenvalue weighted by Crippen LogP contribution is 2.29. The van der Waals surface area contributed by atoms with Gasteiger partial charge in [0.15, 0.2) is 0 Å². The topological polar surface area (TPSA) is 49.4 Å². The van der Waals surface area contributed by atoms with Crippen LogP contribution in [0.2, 0.25) is 5.02 Å². The van der Waals surface area contributed by atoms with Gasteiger partial charge in [0.2, 0.25) is 11.8 Å². The molecule has 0 aromatic heterocycles. The average Bonchev–Trinajstić information content (AvgIpc) is 2.45. The monoisotopic (exact) mass is 328 g/mol. The van der Waals surface area contributed by atoms with Crippen LogP contribution in [-0.2, 0) is 15.0 Å². The molecule has 0 aliphatic carbocycles. The van der Waals surface area contributed by atoms with E-state index >= 15 is 0 Å². The van der Waals surface area contributed by atoms with Crippen LogP contribution < -0.4 is 5.32 Å². The zero-order valence-electron chi connectivity index (χ0n) is 13.4. The van der Waals surface area contributed by atoms with Gasteiger partial charge in [0.25, 0.3) is 0 Å². The summed E-state index contributed by atoms with van der Waals surface area (Å²) >= 11 is 5.75. The summed E-state index contributed by atoms with van der Waals surface area (Å²) in [4.78, 5) is 25.3. The van der Waals surface area contributed by atoms with Crippen molar-refractivity contribution in [2.45, 2.75) is 32.1 Å². The molecule has 0 aliphatic heterocycles. The van der Waals surface area contributed by atoms with Gasteiger partial charge in [-0.2, -0.15) is 0 Å². The molecule has 122 valence electrons. The molecule has 1 aromatic rings. The lowest BCUT2D eigenvalue weighted by Gasteiger charge is -2.30. The maximum Gasteiger partial charge on any atom is 0.232 e. The quantitative estimate of drug-likeness (QED) is 0.873. The molecule has 0 aliphatic rings. The van der Waals surface area contributed by atoms with Crippen molar-refractivity contribution in [3.8, 4) is 0 Å². The number of nitrogens with zero attached hydrogens (tertiary/aromatic N) is 1. The third-order valence-electron chi connectivity index (χ3n) is 3.66. The highest BCUT2D eigenvalue weighted by molar-refractivity contribution is 6.30. The summed E-state index contributed by atoms with van der Waals surface area (Å²) < 4.78 is 14.1. The molecule has 6 heteroatoms. The minimum Gasteiger partial charge on any atom is -0.359 e. The normalized spacial score (nSPS) is 11.2. The fourth-order valence-electron chi connectivity index (χ4n) is 2.29. The van der Waals surface area contributed by atoms with Gasteiger partial charge in [-0.3, -0.25) is 9.59 Å². The molecular weight excluding hydrogens is 307 g/mol. The van der Waals surface area contributed by atoms with Gasteiger partial charge in [-0.25, -0.2) is 4.39 Å². The molecular formula is C16H22ClFN2O2. The van der Waals surface area contributed by atoms with E-state index in [1.165, 1.54) is 17.0 Å². The third-order valence-corrected chi connectivity index (χ3v) is 3.90. The zero-order valence-corrected chi connectivity index (χ0v) is 14.1. The van der Waals surface area contributed by atoms with E-state index in [1.807, 2.05) is 0 Å². The first kappa shape index (κ1) is 18.4. The van der Waals surface area contributed by atoms with Crippen LogP contribution in [0.25, 0.3) is 0 Å². The number of hydrogen-bond donors (Lipinski definition) is 1. The van der Waals surface area contributed by atoms with Crippen molar-refractivity contribution in [1.29, 1.82) is 0 Å². The second-order valence-electron chi connectivity index (χ2n) is 5.75. The molecule has 0 unspecified atom stereocenters. The predicted molar refractivity (Wildman–Crippen MR) is 85.4 cm³/mol. The number of nitrogens with one attached hydrogen (secondary N) is 1. The number of carbonyl (C=O) groups is 2. The molecule has 1 N–H and O–H groups in total. The van der Waals surface area contributed by atoms with Crippen molar-refractivity contribution in [1.82, 2.24) is 10.2 Å². The largest absolute Gasteiger partial charge is 0.359 e. The Bertz CT molecular complexity index is 561. The summed E-state index contributed by atoms with van der Waals surface area (Å²) in [6.45, 7) is 3.79. The van der Waals surface area contributed by atoms with E-state index in [1.54, 1.807) is 34.0 Å². The van der Waals surface area contributed by atoms with Crippen molar-refractivity contribution in [2.24, 2.45) is 0 Å². The summed E-state index contributed by atoms with van der Waals surface area (Å²) in [6, 6.07) is 4.31. The average molecular weight is 329 g/mol. The van der Waals surface area contributed by atoms with Gasteiger partial charge in [-0.15, -0.1) is 0 Å². The molecule has 0 heterocycles. The second-order valence-corrected chi connectivity index (χ2v) is 6.19. The molecule has 2 amide bonds. The lowest BCUT2D eigenvalue weighted by molar-refractivity contribution is -0.135. The first-order chi connectivity index (χ1) is 10.2. The highest BCUT2D eigenvalue weighted by atomic mass is 35.5. The van der Waals surface area contributed by atoms with E-state index in [9.17, 15) is 14.0 Å². The molecule has 4 nitrogen and oxygen atoms in total. The van der Waals surface area contributed by atoms with Crippen LogP contribution in [0.1, 0.15) is 32.3 Å². The summed E-state index contributed by atoms with van der Waals surface area (Å²) in [6.07, 6.45) is 0.908. The Morgan fingerprint density at radius 3 is 2.55 bits per heavy atom. The van der Waals surface area contributed by atoms with Gasteiger partial charge in [-0.1, -0.05) is 17.7 Å². The minimum atomic E-state index is -1.00.